The van der Waals surface area contributed by atoms with Gasteiger partial charge in [-0.2, -0.15) is 18.3 Å². The van der Waals surface area contributed by atoms with E-state index < -0.39 is 18.2 Å². The van der Waals surface area contributed by atoms with Crippen LogP contribution in [0.1, 0.15) is 11.6 Å². The van der Waals surface area contributed by atoms with Crippen LogP contribution in [0, 0.1) is 0 Å². The summed E-state index contributed by atoms with van der Waals surface area (Å²) < 4.78 is 31.7. The number of hydrogen-bond acceptors (Lipinski definition) is 5. The molecule has 2 aromatic carbocycles. The van der Waals surface area contributed by atoms with Crippen molar-refractivity contribution in [3.05, 3.63) is 60.3 Å². The average molecular weight is 449 g/mol. The molecular weight excluding hydrogens is 427 g/mol. The van der Waals surface area contributed by atoms with E-state index in [1.54, 1.807) is 0 Å². The van der Waals surface area contributed by atoms with Crippen LogP contribution in [0.15, 0.2) is 54.7 Å². The average Bonchev–Trinajstić information content (AvgIpc) is 3.26. The highest BCUT2D eigenvalue weighted by Gasteiger charge is 2.38. The predicted molar refractivity (Wildman–Crippen MR) is 112 cm³/mol. The number of carboxylic acid groups (broad SMARTS) is 1. The molecule has 1 saturated heterocycles. The maximum Gasteiger partial charge on any atom is 0.490 e. The van der Waals surface area contributed by atoms with Crippen molar-refractivity contribution in [3.8, 4) is 0 Å². The Bertz CT molecular complexity index is 1060. The summed E-state index contributed by atoms with van der Waals surface area (Å²) >= 11 is 0. The van der Waals surface area contributed by atoms with Crippen molar-refractivity contribution in [1.82, 2.24) is 15.1 Å². The zero-order chi connectivity index (χ0) is 23.3. The summed E-state index contributed by atoms with van der Waals surface area (Å²) in [6.07, 6.45) is -3.25. The molecule has 1 amide bonds. The van der Waals surface area contributed by atoms with Crippen LogP contribution in [-0.4, -0.2) is 64.4 Å². The number of aromatic amines is 1. The number of H-pyrrole nitrogens is 1. The third-order valence-corrected chi connectivity index (χ3v) is 5.05. The number of rotatable bonds is 3. The van der Waals surface area contributed by atoms with Gasteiger partial charge in [0.2, 0.25) is 5.91 Å². The van der Waals surface area contributed by atoms with Crippen LogP contribution in [0.4, 0.5) is 18.9 Å². The van der Waals surface area contributed by atoms with E-state index in [-0.39, 0.29) is 5.91 Å². The number of aliphatic carboxylic acids is 1. The number of amides is 1. The molecule has 0 saturated carbocycles. The molecular formula is C21H22F3N5O3. The number of aromatic nitrogens is 2. The molecule has 8 nitrogen and oxygen atoms in total. The fourth-order valence-corrected chi connectivity index (χ4v) is 3.31. The van der Waals surface area contributed by atoms with Gasteiger partial charge in [0.1, 0.15) is 6.04 Å². The number of nitrogens with one attached hydrogen (secondary N) is 1. The quantitative estimate of drug-likeness (QED) is 0.566. The summed E-state index contributed by atoms with van der Waals surface area (Å²) in [7, 11) is 0. The normalized spacial score (nSPS) is 15.1. The molecule has 4 N–H and O–H groups in total. The maximum absolute atomic E-state index is 12.7. The minimum absolute atomic E-state index is 0.00358. The Morgan fingerprint density at radius 2 is 1.69 bits per heavy atom. The molecule has 170 valence electrons. The molecule has 3 aromatic rings. The highest BCUT2D eigenvalue weighted by molar-refractivity contribution is 5.84. The number of carbonyl (C=O) groups excluding carboxylic acids is 1. The van der Waals surface area contributed by atoms with Gasteiger partial charge in [-0.05, 0) is 23.8 Å². The second kappa shape index (κ2) is 9.69. The van der Waals surface area contributed by atoms with Crippen LogP contribution < -0.4 is 10.6 Å². The maximum atomic E-state index is 12.7. The molecule has 1 aromatic heterocycles. The van der Waals surface area contributed by atoms with E-state index in [2.05, 4.69) is 27.2 Å². The van der Waals surface area contributed by atoms with Crippen molar-refractivity contribution < 1.29 is 27.9 Å². The topological polar surface area (TPSA) is 116 Å². The summed E-state index contributed by atoms with van der Waals surface area (Å²) in [6, 6.07) is 15.2. The van der Waals surface area contributed by atoms with Gasteiger partial charge in [-0.25, -0.2) is 4.79 Å². The molecule has 0 radical (unpaired) electrons. The van der Waals surface area contributed by atoms with Crippen LogP contribution in [0.2, 0.25) is 0 Å². The Balaban J connectivity index is 0.000000360. The summed E-state index contributed by atoms with van der Waals surface area (Å²) in [6.45, 7) is 2.97. The fraction of sp³-hybridized carbons (Fsp3) is 0.286. The Morgan fingerprint density at radius 3 is 2.28 bits per heavy atom. The number of nitrogens with two attached hydrogens (primary N) is 1. The fourth-order valence-electron chi connectivity index (χ4n) is 3.31. The molecule has 1 atom stereocenters. The first-order valence-electron chi connectivity index (χ1n) is 9.74. The van der Waals surface area contributed by atoms with E-state index in [4.69, 9.17) is 15.6 Å². The SMILES string of the molecule is N[C@@H](C(=O)N1CCN(c2ccc3[nH]ncc3c2)CC1)c1ccccc1.O=C(O)C(F)(F)F. The zero-order valence-electron chi connectivity index (χ0n) is 16.9. The van der Waals surface area contributed by atoms with Gasteiger partial charge in [0, 0.05) is 37.3 Å². The molecule has 0 unspecified atom stereocenters. The van der Waals surface area contributed by atoms with Gasteiger partial charge in [0.25, 0.3) is 0 Å². The Morgan fingerprint density at radius 1 is 1.06 bits per heavy atom. The van der Waals surface area contributed by atoms with E-state index >= 15 is 0 Å². The minimum atomic E-state index is -5.08. The molecule has 11 heteroatoms. The van der Waals surface area contributed by atoms with Crippen molar-refractivity contribution in [1.29, 1.82) is 0 Å². The Labute approximate surface area is 181 Å². The monoisotopic (exact) mass is 449 g/mol. The number of halogens is 3. The lowest BCUT2D eigenvalue weighted by Gasteiger charge is -2.37. The molecule has 0 bridgehead atoms. The van der Waals surface area contributed by atoms with Gasteiger partial charge in [-0.1, -0.05) is 30.3 Å². The predicted octanol–water partition coefficient (Wildman–Crippen LogP) is 2.54. The molecule has 2 heterocycles. The van der Waals surface area contributed by atoms with Crippen LogP contribution in [0.5, 0.6) is 0 Å². The standard InChI is InChI=1S/C19H21N5O.C2HF3O2/c20-18(14-4-2-1-3-5-14)19(25)24-10-8-23(9-11-24)16-6-7-17-15(12-16)13-21-22-17;3-2(4,5)1(6)7/h1-7,12-13,18H,8-11,20H2,(H,21,22);(H,6,7)/t18-;/m1./s1. The number of fused-ring (bicyclic) bond motifs is 1. The summed E-state index contributed by atoms with van der Waals surface area (Å²) in [4.78, 5) is 25.7. The van der Waals surface area contributed by atoms with Gasteiger partial charge >= 0.3 is 12.1 Å². The molecule has 32 heavy (non-hydrogen) atoms. The summed E-state index contributed by atoms with van der Waals surface area (Å²) in [5, 5.41) is 15.2. The van der Waals surface area contributed by atoms with Crippen LogP contribution >= 0.6 is 0 Å². The van der Waals surface area contributed by atoms with Crippen LogP contribution in [0.25, 0.3) is 10.9 Å². The van der Waals surface area contributed by atoms with E-state index in [0.717, 1.165) is 35.2 Å². The van der Waals surface area contributed by atoms with Crippen molar-refractivity contribution in [2.75, 3.05) is 31.1 Å². The number of carbonyl (C=O) groups is 2. The first-order chi connectivity index (χ1) is 15.2. The smallest absolute Gasteiger partial charge is 0.475 e. The number of benzene rings is 2. The highest BCUT2D eigenvalue weighted by Crippen LogP contribution is 2.22. The highest BCUT2D eigenvalue weighted by atomic mass is 19.4. The molecule has 0 aliphatic carbocycles. The lowest BCUT2D eigenvalue weighted by Crippen LogP contribution is -2.51. The molecule has 4 rings (SSSR count). The zero-order valence-corrected chi connectivity index (χ0v) is 16.9. The number of piperazine rings is 1. The molecule has 1 fully saturated rings. The van der Waals surface area contributed by atoms with Crippen molar-refractivity contribution in [3.63, 3.8) is 0 Å². The Hall–Kier alpha value is -3.60. The van der Waals surface area contributed by atoms with E-state index in [0.29, 0.717) is 13.1 Å². The van der Waals surface area contributed by atoms with Crippen LogP contribution in [-0.2, 0) is 9.59 Å². The lowest BCUT2D eigenvalue weighted by atomic mass is 10.1. The lowest BCUT2D eigenvalue weighted by molar-refractivity contribution is -0.192. The Kier molecular flexibility index (Phi) is 6.98. The number of carboxylic acids is 1. The third kappa shape index (κ3) is 5.55. The van der Waals surface area contributed by atoms with E-state index in [1.165, 1.54) is 0 Å². The first-order valence-corrected chi connectivity index (χ1v) is 9.74. The number of alkyl halides is 3. The second-order valence-electron chi connectivity index (χ2n) is 7.15. The van der Waals surface area contributed by atoms with E-state index in [9.17, 15) is 18.0 Å². The van der Waals surface area contributed by atoms with E-state index in [1.807, 2.05) is 47.5 Å². The summed E-state index contributed by atoms with van der Waals surface area (Å²) in [5.41, 5.74) is 9.21. The first kappa shape index (κ1) is 23.1. The van der Waals surface area contributed by atoms with Gasteiger partial charge in [-0.3, -0.25) is 9.89 Å². The van der Waals surface area contributed by atoms with Crippen molar-refractivity contribution >= 4 is 28.5 Å². The molecule has 1 aliphatic rings. The van der Waals surface area contributed by atoms with Gasteiger partial charge in [-0.15, -0.1) is 0 Å². The van der Waals surface area contributed by atoms with Crippen LogP contribution in [0.3, 0.4) is 0 Å². The van der Waals surface area contributed by atoms with Crippen molar-refractivity contribution in [2.45, 2.75) is 12.2 Å². The number of nitrogens with zero attached hydrogens (tertiary/aromatic N) is 3. The van der Waals surface area contributed by atoms with Crippen molar-refractivity contribution in [2.24, 2.45) is 5.73 Å². The second-order valence-corrected chi connectivity index (χ2v) is 7.15. The van der Waals surface area contributed by atoms with Gasteiger partial charge < -0.3 is 20.6 Å². The molecule has 1 aliphatic heterocycles. The number of hydrogen-bond donors (Lipinski definition) is 3. The van der Waals surface area contributed by atoms with Gasteiger partial charge in [0.15, 0.2) is 0 Å². The summed E-state index contributed by atoms with van der Waals surface area (Å²) in [5.74, 6) is -2.76. The van der Waals surface area contributed by atoms with Gasteiger partial charge in [0.05, 0.1) is 11.7 Å². The third-order valence-electron chi connectivity index (χ3n) is 5.05. The number of anilines is 1. The molecule has 0 spiro atoms. The largest absolute Gasteiger partial charge is 0.490 e. The minimum Gasteiger partial charge on any atom is -0.475 e.